The number of ether oxygens (including phenoxy) is 1. The van der Waals surface area contributed by atoms with Gasteiger partial charge < -0.3 is 4.74 Å². The summed E-state index contributed by atoms with van der Waals surface area (Å²) in [6, 6.07) is 4.65. The summed E-state index contributed by atoms with van der Waals surface area (Å²) < 4.78 is 32.9. The monoisotopic (exact) mass is 340 g/mol. The van der Waals surface area contributed by atoms with Gasteiger partial charge in [-0.05, 0) is 41.8 Å². The standard InChI is InChI=1S/C17H15ClF2OS/c1-2-8-21-16-12(5-6-13(19)15(16)20)14(18)17-11(7-9-22-17)10-3-4-10/h2,5-7,9-10,14H,1,3-4,8H2. The predicted octanol–water partition coefficient (Wildman–Crippen LogP) is 5.80. The fourth-order valence-electron chi connectivity index (χ4n) is 2.45. The molecule has 1 unspecified atom stereocenters. The maximum atomic E-state index is 14.1. The lowest BCUT2D eigenvalue weighted by atomic mass is 10.0. The first-order valence-corrected chi connectivity index (χ1v) is 8.38. The Morgan fingerprint density at radius 2 is 2.14 bits per heavy atom. The molecule has 0 amide bonds. The molecule has 1 nitrogen and oxygen atoms in total. The molecule has 0 radical (unpaired) electrons. The minimum Gasteiger partial charge on any atom is -0.486 e. The largest absolute Gasteiger partial charge is 0.486 e. The second kappa shape index (κ2) is 6.39. The van der Waals surface area contributed by atoms with Crippen molar-refractivity contribution in [2.75, 3.05) is 6.61 Å². The summed E-state index contributed by atoms with van der Waals surface area (Å²) in [4.78, 5) is 0.985. The number of benzene rings is 1. The van der Waals surface area contributed by atoms with Crippen LogP contribution in [-0.4, -0.2) is 6.61 Å². The Labute approximate surface area is 137 Å². The lowest BCUT2D eigenvalue weighted by Crippen LogP contribution is -2.05. The van der Waals surface area contributed by atoms with E-state index in [0.717, 1.165) is 23.8 Å². The summed E-state index contributed by atoms with van der Waals surface area (Å²) in [5.41, 5.74) is 1.66. The highest BCUT2D eigenvalue weighted by atomic mass is 35.5. The average Bonchev–Trinajstić information content (AvgIpc) is 3.25. The molecule has 22 heavy (non-hydrogen) atoms. The molecular weight excluding hydrogens is 326 g/mol. The van der Waals surface area contributed by atoms with Crippen LogP contribution in [0, 0.1) is 11.6 Å². The van der Waals surface area contributed by atoms with Gasteiger partial charge >= 0.3 is 0 Å². The number of hydrogen-bond acceptors (Lipinski definition) is 2. The fourth-order valence-corrected chi connectivity index (χ4v) is 3.88. The summed E-state index contributed by atoms with van der Waals surface area (Å²) in [5.74, 6) is -1.53. The van der Waals surface area contributed by atoms with Gasteiger partial charge in [-0.2, -0.15) is 4.39 Å². The summed E-state index contributed by atoms with van der Waals surface area (Å²) in [6.45, 7) is 3.62. The van der Waals surface area contributed by atoms with Crippen LogP contribution >= 0.6 is 22.9 Å². The van der Waals surface area contributed by atoms with Crippen LogP contribution in [0.2, 0.25) is 0 Å². The lowest BCUT2D eigenvalue weighted by Gasteiger charge is -2.16. The number of halogens is 3. The third-order valence-corrected chi connectivity index (χ3v) is 5.25. The van der Waals surface area contributed by atoms with Crippen molar-refractivity contribution in [2.24, 2.45) is 0 Å². The van der Waals surface area contributed by atoms with Crippen LogP contribution in [0.1, 0.15) is 40.1 Å². The molecule has 0 bridgehead atoms. The van der Waals surface area contributed by atoms with E-state index in [2.05, 4.69) is 12.6 Å². The van der Waals surface area contributed by atoms with E-state index in [9.17, 15) is 8.78 Å². The third kappa shape index (κ3) is 2.90. The Morgan fingerprint density at radius 1 is 1.36 bits per heavy atom. The van der Waals surface area contributed by atoms with Gasteiger partial charge in [-0.1, -0.05) is 18.7 Å². The Balaban J connectivity index is 2.00. The van der Waals surface area contributed by atoms with E-state index in [1.54, 1.807) is 0 Å². The molecule has 1 heterocycles. The van der Waals surface area contributed by atoms with Crippen LogP contribution in [0.15, 0.2) is 36.2 Å². The van der Waals surface area contributed by atoms with E-state index in [4.69, 9.17) is 16.3 Å². The summed E-state index contributed by atoms with van der Waals surface area (Å²) in [6.07, 6.45) is 3.80. The van der Waals surface area contributed by atoms with Crippen LogP contribution in [0.25, 0.3) is 0 Å². The molecule has 0 saturated heterocycles. The summed E-state index contributed by atoms with van der Waals surface area (Å²) in [5, 5.41) is 1.44. The first-order valence-electron chi connectivity index (χ1n) is 7.06. The third-order valence-electron chi connectivity index (χ3n) is 3.67. The Bertz CT molecular complexity index is 694. The van der Waals surface area contributed by atoms with Crippen LogP contribution in [0.4, 0.5) is 8.78 Å². The first kappa shape index (κ1) is 15.5. The lowest BCUT2D eigenvalue weighted by molar-refractivity contribution is 0.329. The van der Waals surface area contributed by atoms with Crippen LogP contribution in [-0.2, 0) is 0 Å². The molecule has 1 aromatic heterocycles. The number of rotatable bonds is 6. The van der Waals surface area contributed by atoms with Crippen molar-refractivity contribution in [1.29, 1.82) is 0 Å². The number of thiophene rings is 1. The molecule has 1 aromatic carbocycles. The van der Waals surface area contributed by atoms with Crippen LogP contribution in [0.3, 0.4) is 0 Å². The van der Waals surface area contributed by atoms with E-state index in [1.807, 2.05) is 5.38 Å². The number of alkyl halides is 1. The zero-order valence-electron chi connectivity index (χ0n) is 11.8. The maximum Gasteiger partial charge on any atom is 0.200 e. The maximum absolute atomic E-state index is 14.1. The normalized spacial score (nSPS) is 15.6. The van der Waals surface area contributed by atoms with Gasteiger partial charge in [0, 0.05) is 10.4 Å². The van der Waals surface area contributed by atoms with E-state index >= 15 is 0 Å². The van der Waals surface area contributed by atoms with Gasteiger partial charge in [-0.15, -0.1) is 22.9 Å². The van der Waals surface area contributed by atoms with Gasteiger partial charge in [0.05, 0.1) is 5.38 Å². The second-order valence-corrected chi connectivity index (χ2v) is 6.64. The molecule has 1 aliphatic rings. The Hall–Kier alpha value is -1.39. The van der Waals surface area contributed by atoms with Gasteiger partial charge in [0.1, 0.15) is 6.61 Å². The SMILES string of the molecule is C=CCOc1c(C(Cl)c2sccc2C2CC2)ccc(F)c1F. The molecule has 1 saturated carbocycles. The molecule has 0 aliphatic heterocycles. The zero-order chi connectivity index (χ0) is 15.7. The molecule has 0 spiro atoms. The highest BCUT2D eigenvalue weighted by molar-refractivity contribution is 7.10. The molecule has 0 N–H and O–H groups in total. The molecule has 1 aliphatic carbocycles. The van der Waals surface area contributed by atoms with Gasteiger partial charge in [0.25, 0.3) is 0 Å². The topological polar surface area (TPSA) is 9.23 Å². The second-order valence-electron chi connectivity index (χ2n) is 5.26. The average molecular weight is 341 g/mol. The summed E-state index contributed by atoms with van der Waals surface area (Å²) >= 11 is 8.11. The Morgan fingerprint density at radius 3 is 2.82 bits per heavy atom. The molecule has 1 atom stereocenters. The zero-order valence-corrected chi connectivity index (χ0v) is 13.4. The van der Waals surface area contributed by atoms with Crippen molar-refractivity contribution in [3.05, 3.63) is 63.9 Å². The molecule has 116 valence electrons. The van der Waals surface area contributed by atoms with Crippen LogP contribution in [0.5, 0.6) is 5.75 Å². The van der Waals surface area contributed by atoms with Gasteiger partial charge in [-0.25, -0.2) is 4.39 Å². The van der Waals surface area contributed by atoms with Crippen molar-refractivity contribution in [3.8, 4) is 5.75 Å². The quantitative estimate of drug-likeness (QED) is 0.477. The van der Waals surface area contributed by atoms with Crippen molar-refractivity contribution in [1.82, 2.24) is 0 Å². The predicted molar refractivity (Wildman–Crippen MR) is 86.0 cm³/mol. The minimum atomic E-state index is -1.01. The van der Waals surface area contributed by atoms with Gasteiger partial charge in [0.15, 0.2) is 11.6 Å². The molecule has 3 rings (SSSR count). The number of hydrogen-bond donors (Lipinski definition) is 0. The van der Waals surface area contributed by atoms with Crippen molar-refractivity contribution in [2.45, 2.75) is 24.1 Å². The molecule has 2 aromatic rings. The van der Waals surface area contributed by atoms with E-state index in [0.29, 0.717) is 11.5 Å². The molecular formula is C17H15ClF2OS. The van der Waals surface area contributed by atoms with Crippen molar-refractivity contribution < 1.29 is 13.5 Å². The smallest absolute Gasteiger partial charge is 0.200 e. The highest BCUT2D eigenvalue weighted by Gasteiger charge is 2.31. The highest BCUT2D eigenvalue weighted by Crippen LogP contribution is 2.48. The first-order chi connectivity index (χ1) is 10.6. The van der Waals surface area contributed by atoms with Crippen molar-refractivity contribution >= 4 is 22.9 Å². The van der Waals surface area contributed by atoms with Crippen LogP contribution < -0.4 is 4.74 Å². The minimum absolute atomic E-state index is 0.0942. The van der Waals surface area contributed by atoms with Gasteiger partial charge in [0.2, 0.25) is 5.82 Å². The summed E-state index contributed by atoms with van der Waals surface area (Å²) in [7, 11) is 0. The molecule has 1 fully saturated rings. The molecule has 5 heteroatoms. The van der Waals surface area contributed by atoms with E-state index in [1.165, 1.54) is 29.0 Å². The van der Waals surface area contributed by atoms with E-state index < -0.39 is 17.0 Å². The van der Waals surface area contributed by atoms with E-state index in [-0.39, 0.29) is 12.4 Å². The van der Waals surface area contributed by atoms with Gasteiger partial charge in [-0.3, -0.25) is 0 Å². The fraction of sp³-hybridized carbons (Fsp3) is 0.294. The van der Waals surface area contributed by atoms with Crippen molar-refractivity contribution in [3.63, 3.8) is 0 Å². The Kier molecular flexibility index (Phi) is 4.50.